The number of carbonyl (C=O) groups is 1. The van der Waals surface area contributed by atoms with E-state index < -0.39 is 32.6 Å². The molecule has 4 rings (SSSR count). The highest BCUT2D eigenvalue weighted by Gasteiger charge is 2.32. The first kappa shape index (κ1) is 28.1. The van der Waals surface area contributed by atoms with Gasteiger partial charge in [0.2, 0.25) is 15.9 Å². The minimum atomic E-state index is -3.70. The van der Waals surface area contributed by atoms with Gasteiger partial charge < -0.3 is 4.74 Å². The number of nitrogens with one attached hydrogen (secondary N) is 1. The van der Waals surface area contributed by atoms with Gasteiger partial charge >= 0.3 is 0 Å². The van der Waals surface area contributed by atoms with Gasteiger partial charge in [0.05, 0.1) is 16.0 Å². The van der Waals surface area contributed by atoms with Crippen molar-refractivity contribution in [3.63, 3.8) is 0 Å². The van der Waals surface area contributed by atoms with E-state index in [9.17, 15) is 27.7 Å². The second-order valence-corrected chi connectivity index (χ2v) is 11.1. The number of hydrogen-bond donors (Lipinski definition) is 1. The van der Waals surface area contributed by atoms with Crippen molar-refractivity contribution < 1.29 is 27.3 Å². The predicted molar refractivity (Wildman–Crippen MR) is 142 cm³/mol. The number of ether oxygens (including phenoxy) is 1. The molecule has 0 aliphatic carbocycles. The van der Waals surface area contributed by atoms with Crippen molar-refractivity contribution in [3.8, 4) is 5.75 Å². The van der Waals surface area contributed by atoms with Crippen molar-refractivity contribution in [2.75, 3.05) is 13.1 Å². The summed E-state index contributed by atoms with van der Waals surface area (Å²) in [6, 6.07) is 15.6. The van der Waals surface area contributed by atoms with Crippen LogP contribution in [0.5, 0.6) is 5.75 Å². The van der Waals surface area contributed by atoms with Gasteiger partial charge in [0.1, 0.15) is 18.2 Å². The lowest BCUT2D eigenvalue weighted by Gasteiger charge is -2.30. The van der Waals surface area contributed by atoms with Gasteiger partial charge in [0.15, 0.2) is 0 Å². The van der Waals surface area contributed by atoms with Gasteiger partial charge in [-0.2, -0.15) is 9.41 Å². The van der Waals surface area contributed by atoms with Gasteiger partial charge in [0.25, 0.3) is 5.69 Å². The van der Waals surface area contributed by atoms with Crippen LogP contribution in [-0.2, 0) is 21.4 Å². The van der Waals surface area contributed by atoms with Crippen LogP contribution in [0.15, 0.2) is 76.7 Å². The van der Waals surface area contributed by atoms with Gasteiger partial charge in [-0.3, -0.25) is 14.9 Å². The third-order valence-electron chi connectivity index (χ3n) is 6.14. The Morgan fingerprint density at radius 2 is 1.87 bits per heavy atom. The maximum absolute atomic E-state index is 13.5. The third-order valence-corrected chi connectivity index (χ3v) is 8.31. The summed E-state index contributed by atoms with van der Waals surface area (Å²) in [7, 11) is -3.70. The van der Waals surface area contributed by atoms with Crippen LogP contribution >= 0.6 is 11.6 Å². The van der Waals surface area contributed by atoms with Gasteiger partial charge in [-0.15, -0.1) is 0 Å². The minimum Gasteiger partial charge on any atom is -0.488 e. The number of non-ortho nitro benzene ring substituents is 1. The topological polar surface area (TPSA) is 131 Å². The van der Waals surface area contributed by atoms with E-state index in [0.717, 1.165) is 0 Å². The SMILES string of the molecule is O=C(N/N=C\c1cc([N+](=O)[O-])ccc1OCc1cccc(F)c1)C1CCN(S(=O)(=O)c2ccc(Cl)cc2)CC1. The largest absolute Gasteiger partial charge is 0.488 e. The normalized spacial score (nSPS) is 14.8. The number of halogens is 2. The Morgan fingerprint density at radius 3 is 2.54 bits per heavy atom. The van der Waals surface area contributed by atoms with E-state index in [1.165, 1.54) is 65.1 Å². The second-order valence-electron chi connectivity index (χ2n) is 8.76. The highest BCUT2D eigenvalue weighted by molar-refractivity contribution is 7.89. The van der Waals surface area contributed by atoms with Gasteiger partial charge in [-0.05, 0) is 60.9 Å². The molecule has 0 atom stereocenters. The van der Waals surface area contributed by atoms with Gasteiger partial charge in [-0.25, -0.2) is 18.2 Å². The Labute approximate surface area is 229 Å². The van der Waals surface area contributed by atoms with Crippen molar-refractivity contribution in [2.45, 2.75) is 24.3 Å². The molecule has 1 fully saturated rings. The van der Waals surface area contributed by atoms with E-state index in [1.807, 2.05) is 0 Å². The Morgan fingerprint density at radius 1 is 1.15 bits per heavy atom. The zero-order valence-corrected chi connectivity index (χ0v) is 22.1. The first-order valence-electron chi connectivity index (χ1n) is 11.9. The summed E-state index contributed by atoms with van der Waals surface area (Å²) in [6.07, 6.45) is 1.83. The molecule has 39 heavy (non-hydrogen) atoms. The molecule has 1 aliphatic rings. The fraction of sp³-hybridized carbons (Fsp3) is 0.231. The fourth-order valence-corrected chi connectivity index (χ4v) is 5.64. The number of carbonyl (C=O) groups excluding carboxylic acids is 1. The number of nitrogens with zero attached hydrogens (tertiary/aromatic N) is 3. The van der Waals surface area contributed by atoms with Crippen molar-refractivity contribution in [1.29, 1.82) is 0 Å². The molecule has 10 nitrogen and oxygen atoms in total. The number of benzene rings is 3. The molecular formula is C26H24ClFN4O6S. The van der Waals surface area contributed by atoms with Crippen molar-refractivity contribution >= 4 is 39.4 Å². The quantitative estimate of drug-likeness (QED) is 0.227. The molecule has 0 aromatic heterocycles. The highest BCUT2D eigenvalue weighted by Crippen LogP contribution is 2.26. The zero-order valence-electron chi connectivity index (χ0n) is 20.5. The number of nitro groups is 1. The van der Waals surface area contributed by atoms with Crippen LogP contribution in [0.25, 0.3) is 0 Å². The van der Waals surface area contributed by atoms with Gasteiger partial charge in [-0.1, -0.05) is 23.7 Å². The number of hydrogen-bond acceptors (Lipinski definition) is 7. The van der Waals surface area contributed by atoms with E-state index in [4.69, 9.17) is 16.3 Å². The number of hydrazone groups is 1. The molecule has 3 aromatic rings. The monoisotopic (exact) mass is 574 g/mol. The van der Waals surface area contributed by atoms with Crippen LogP contribution in [0, 0.1) is 21.8 Å². The fourth-order valence-electron chi connectivity index (χ4n) is 4.04. The molecule has 1 N–H and O–H groups in total. The lowest BCUT2D eigenvalue weighted by Crippen LogP contribution is -2.42. The third kappa shape index (κ3) is 7.16. The molecule has 3 aromatic carbocycles. The van der Waals surface area contributed by atoms with Crippen LogP contribution in [0.2, 0.25) is 5.02 Å². The maximum atomic E-state index is 13.5. The minimum absolute atomic E-state index is 0.0142. The molecule has 204 valence electrons. The first-order valence-corrected chi connectivity index (χ1v) is 13.7. The van der Waals surface area contributed by atoms with Crippen LogP contribution in [0.4, 0.5) is 10.1 Å². The molecule has 1 heterocycles. The lowest BCUT2D eigenvalue weighted by atomic mass is 9.98. The number of sulfonamides is 1. The Bertz CT molecular complexity index is 1490. The Balaban J connectivity index is 1.37. The number of rotatable bonds is 9. The second kappa shape index (κ2) is 12.3. The maximum Gasteiger partial charge on any atom is 0.270 e. The molecule has 1 amide bonds. The average molecular weight is 575 g/mol. The smallest absolute Gasteiger partial charge is 0.270 e. The summed E-state index contributed by atoms with van der Waals surface area (Å²) in [6.45, 7) is 0.339. The molecule has 1 aliphatic heterocycles. The molecule has 0 saturated carbocycles. The summed E-state index contributed by atoms with van der Waals surface area (Å²) in [5.41, 5.74) is 3.03. The van der Waals surface area contributed by atoms with Crippen LogP contribution in [-0.4, -0.2) is 42.9 Å². The molecule has 0 spiro atoms. The lowest BCUT2D eigenvalue weighted by molar-refractivity contribution is -0.384. The van der Waals surface area contributed by atoms with Crippen LogP contribution in [0.3, 0.4) is 0 Å². The Kier molecular flexibility index (Phi) is 8.90. The van der Waals surface area contributed by atoms with E-state index in [0.29, 0.717) is 23.4 Å². The number of nitro benzene ring substituents is 1. The molecule has 1 saturated heterocycles. The standard InChI is InChI=1S/C26H24ClFN4O6S/c27-21-4-7-24(8-5-21)39(36,37)31-12-10-19(11-13-31)26(33)30-29-16-20-15-23(32(34)35)6-9-25(20)38-17-18-2-1-3-22(28)14-18/h1-9,14-16,19H,10-13,17H2,(H,30,33)/b29-16-. The molecule has 0 radical (unpaired) electrons. The van der Waals surface area contributed by atoms with Crippen molar-refractivity contribution in [2.24, 2.45) is 11.0 Å². The Hall–Kier alpha value is -3.87. The molecule has 0 unspecified atom stereocenters. The first-order chi connectivity index (χ1) is 18.6. The average Bonchev–Trinajstić information content (AvgIpc) is 2.92. The van der Waals surface area contributed by atoms with Crippen LogP contribution < -0.4 is 10.2 Å². The van der Waals surface area contributed by atoms with E-state index in [1.54, 1.807) is 12.1 Å². The summed E-state index contributed by atoms with van der Waals surface area (Å²) in [4.78, 5) is 23.5. The summed E-state index contributed by atoms with van der Waals surface area (Å²) in [5, 5.41) is 15.6. The summed E-state index contributed by atoms with van der Waals surface area (Å²) < 4.78 is 46.2. The molecular weight excluding hydrogens is 551 g/mol. The van der Waals surface area contributed by atoms with Crippen molar-refractivity contribution in [1.82, 2.24) is 9.73 Å². The van der Waals surface area contributed by atoms with E-state index in [-0.39, 0.29) is 41.6 Å². The number of amides is 1. The summed E-state index contributed by atoms with van der Waals surface area (Å²) >= 11 is 5.85. The predicted octanol–water partition coefficient (Wildman–Crippen LogP) is 4.52. The number of piperidine rings is 1. The van der Waals surface area contributed by atoms with E-state index in [2.05, 4.69) is 10.5 Å². The summed E-state index contributed by atoms with van der Waals surface area (Å²) in [5.74, 6) is -1.03. The van der Waals surface area contributed by atoms with Crippen molar-refractivity contribution in [3.05, 3.63) is 98.8 Å². The van der Waals surface area contributed by atoms with Gasteiger partial charge in [0, 0.05) is 41.7 Å². The zero-order chi connectivity index (χ0) is 28.0. The van der Waals surface area contributed by atoms with E-state index >= 15 is 0 Å². The van der Waals surface area contributed by atoms with Crippen LogP contribution in [0.1, 0.15) is 24.0 Å². The highest BCUT2D eigenvalue weighted by atomic mass is 35.5. The molecule has 0 bridgehead atoms. The molecule has 13 heteroatoms.